The van der Waals surface area contributed by atoms with E-state index in [1.807, 2.05) is 26.4 Å². The van der Waals surface area contributed by atoms with E-state index in [0.717, 1.165) is 49.7 Å². The van der Waals surface area contributed by atoms with E-state index in [-0.39, 0.29) is 24.1 Å². The number of likely N-dealkylation sites (tertiary alicyclic amines) is 1. The summed E-state index contributed by atoms with van der Waals surface area (Å²) in [5.41, 5.74) is 8.41. The van der Waals surface area contributed by atoms with Gasteiger partial charge in [0.2, 0.25) is 0 Å². The lowest BCUT2D eigenvalue weighted by Crippen LogP contribution is -2.56. The molecule has 38 heavy (non-hydrogen) atoms. The zero-order valence-electron chi connectivity index (χ0n) is 21.1. The first-order valence-corrected chi connectivity index (χ1v) is 14.8. The third kappa shape index (κ3) is 4.70. The highest BCUT2D eigenvalue weighted by molar-refractivity contribution is 7.85. The zero-order chi connectivity index (χ0) is 26.6. The van der Waals surface area contributed by atoms with Crippen LogP contribution in [-0.4, -0.2) is 85.8 Å². The Bertz CT molecular complexity index is 1400. The Morgan fingerprint density at radius 3 is 2.66 bits per heavy atom. The first kappa shape index (κ1) is 25.4. The van der Waals surface area contributed by atoms with Crippen molar-refractivity contribution >= 4 is 51.5 Å². The molecule has 0 saturated carbocycles. The summed E-state index contributed by atoms with van der Waals surface area (Å²) in [5.74, 6) is 1.52. The number of nitrogens with one attached hydrogen (secondary N) is 1. The van der Waals surface area contributed by atoms with E-state index in [4.69, 9.17) is 27.4 Å². The Morgan fingerprint density at radius 2 is 1.95 bits per heavy atom. The number of aromatic nitrogens is 3. The van der Waals surface area contributed by atoms with Crippen LogP contribution in [0.15, 0.2) is 30.3 Å². The number of carbonyl (C=O) groups is 1. The van der Waals surface area contributed by atoms with Crippen LogP contribution in [-0.2, 0) is 11.0 Å². The number of piperidine rings is 1. The summed E-state index contributed by atoms with van der Waals surface area (Å²) in [5, 5.41) is 15.2. The first-order valence-electron chi connectivity index (χ1n) is 12.8. The summed E-state index contributed by atoms with van der Waals surface area (Å²) in [6.07, 6.45) is 3.81. The molecule has 3 aliphatic heterocycles. The molecule has 1 amide bonds. The lowest BCUT2D eigenvalue weighted by Gasteiger charge is -2.40. The normalized spacial score (nSPS) is 21.4. The van der Waals surface area contributed by atoms with Gasteiger partial charge in [0.05, 0.1) is 29.1 Å². The maximum Gasteiger partial charge on any atom is 0.256 e. The Balaban J connectivity index is 1.37. The van der Waals surface area contributed by atoms with Crippen LogP contribution in [0.4, 0.5) is 17.3 Å². The van der Waals surface area contributed by atoms with Gasteiger partial charge in [-0.2, -0.15) is 9.61 Å². The molecule has 1 aromatic carbocycles. The molecule has 3 aliphatic rings. The largest absolute Gasteiger partial charge is 0.389 e. The Hall–Kier alpha value is -2.93. The molecule has 5 heterocycles. The number of rotatable bonds is 6. The lowest BCUT2D eigenvalue weighted by molar-refractivity contribution is 0.0607. The number of anilines is 3. The van der Waals surface area contributed by atoms with E-state index in [9.17, 15) is 14.1 Å². The van der Waals surface area contributed by atoms with Gasteiger partial charge in [-0.1, -0.05) is 11.6 Å². The summed E-state index contributed by atoms with van der Waals surface area (Å²) in [6.45, 7) is 3.14. The number of nitrogens with zero attached hydrogens (tertiary/aromatic N) is 6. The molecule has 3 fully saturated rings. The number of aliphatic hydroxyl groups is 1. The van der Waals surface area contributed by atoms with E-state index < -0.39 is 11.0 Å². The summed E-state index contributed by atoms with van der Waals surface area (Å²) >= 11 is 6.25. The summed E-state index contributed by atoms with van der Waals surface area (Å²) < 4.78 is 16.6. The quantitative estimate of drug-likeness (QED) is 0.417. The highest BCUT2D eigenvalue weighted by Gasteiger charge is 2.34. The van der Waals surface area contributed by atoms with Crippen molar-refractivity contribution in [2.45, 2.75) is 37.5 Å². The Morgan fingerprint density at radius 1 is 1.16 bits per heavy atom. The Labute approximate surface area is 228 Å². The molecule has 11 nitrogen and oxygen atoms in total. The molecule has 2 unspecified atom stereocenters. The first-order chi connectivity index (χ1) is 18.3. The van der Waals surface area contributed by atoms with Gasteiger partial charge in [0.1, 0.15) is 22.6 Å². The number of amides is 1. The minimum Gasteiger partial charge on any atom is -0.389 e. The zero-order valence-corrected chi connectivity index (χ0v) is 22.7. The summed E-state index contributed by atoms with van der Waals surface area (Å²) in [7, 11) is -1.34. The molecule has 0 bridgehead atoms. The van der Waals surface area contributed by atoms with Crippen molar-refractivity contribution in [3.8, 4) is 0 Å². The van der Waals surface area contributed by atoms with Crippen molar-refractivity contribution in [3.05, 3.63) is 46.6 Å². The fraction of sp³-hybridized carbons (Fsp3) is 0.480. The molecule has 3 saturated heterocycles. The van der Waals surface area contributed by atoms with E-state index >= 15 is 0 Å². The highest BCUT2D eigenvalue weighted by Crippen LogP contribution is 2.35. The molecule has 2 aromatic heterocycles. The topological polar surface area (TPSA) is 132 Å². The fourth-order valence-corrected chi connectivity index (χ4v) is 6.09. The molecule has 0 spiro atoms. The molecular weight excluding hydrogens is 528 g/mol. The van der Waals surface area contributed by atoms with Crippen LogP contribution in [0, 0.1) is 0 Å². The number of aliphatic hydroxyl groups excluding tert-OH is 1. The predicted molar refractivity (Wildman–Crippen MR) is 148 cm³/mol. The van der Waals surface area contributed by atoms with Gasteiger partial charge < -0.3 is 30.3 Å². The average molecular weight is 559 g/mol. The van der Waals surface area contributed by atoms with Crippen LogP contribution < -0.4 is 20.3 Å². The van der Waals surface area contributed by atoms with Crippen LogP contribution in [0.25, 0.3) is 5.65 Å². The number of hydrogen-bond donors (Lipinski definition) is 3. The number of benzene rings is 1. The van der Waals surface area contributed by atoms with Gasteiger partial charge in [0.15, 0.2) is 5.65 Å². The SMILES string of the molecule is CS(=O)Nc1ccc(Cl)cc1C(=O)N1CCCCC1c1cc2nc(N3CC(O)C3)cc(N3CC(N)C3)n2n1. The molecular formula is C25H31ClN8O3S. The number of nitrogens with two attached hydrogens (primary N) is 1. The smallest absolute Gasteiger partial charge is 0.256 e. The molecule has 0 radical (unpaired) electrons. The van der Waals surface area contributed by atoms with Crippen LogP contribution in [0.2, 0.25) is 5.02 Å². The van der Waals surface area contributed by atoms with Gasteiger partial charge >= 0.3 is 0 Å². The number of halogens is 1. The van der Waals surface area contributed by atoms with Gasteiger partial charge in [-0.3, -0.25) is 4.79 Å². The van der Waals surface area contributed by atoms with Crippen molar-refractivity contribution in [2.75, 3.05) is 53.5 Å². The molecule has 4 N–H and O–H groups in total. The van der Waals surface area contributed by atoms with Crippen LogP contribution >= 0.6 is 11.6 Å². The number of carbonyl (C=O) groups excluding carboxylic acids is 1. The fourth-order valence-electron chi connectivity index (χ4n) is 5.43. The van der Waals surface area contributed by atoms with Gasteiger partial charge in [-0.25, -0.2) is 9.19 Å². The molecule has 6 rings (SSSR count). The number of hydrogen-bond acceptors (Lipinski definition) is 8. The van der Waals surface area contributed by atoms with Crippen molar-refractivity contribution < 1.29 is 14.1 Å². The predicted octanol–water partition coefficient (Wildman–Crippen LogP) is 1.78. The molecule has 0 aliphatic carbocycles. The van der Waals surface area contributed by atoms with E-state index in [2.05, 4.69) is 9.62 Å². The highest BCUT2D eigenvalue weighted by atomic mass is 35.5. The van der Waals surface area contributed by atoms with E-state index in [1.165, 1.54) is 6.26 Å². The molecule has 2 atom stereocenters. The second-order valence-electron chi connectivity index (χ2n) is 10.3. The molecule has 13 heteroatoms. The summed E-state index contributed by atoms with van der Waals surface area (Å²) in [4.78, 5) is 24.8. The third-order valence-electron chi connectivity index (χ3n) is 7.40. The van der Waals surface area contributed by atoms with Gasteiger partial charge in [0.25, 0.3) is 5.91 Å². The van der Waals surface area contributed by atoms with Crippen molar-refractivity contribution in [2.24, 2.45) is 5.73 Å². The third-order valence-corrected chi connectivity index (χ3v) is 8.15. The van der Waals surface area contributed by atoms with Crippen LogP contribution in [0.5, 0.6) is 0 Å². The van der Waals surface area contributed by atoms with E-state index in [1.54, 1.807) is 18.2 Å². The maximum absolute atomic E-state index is 13.9. The monoisotopic (exact) mass is 558 g/mol. The maximum atomic E-state index is 13.9. The second kappa shape index (κ2) is 9.99. The molecule has 202 valence electrons. The summed E-state index contributed by atoms with van der Waals surface area (Å²) in [6, 6.07) is 8.81. The minimum absolute atomic E-state index is 0.118. The standard InChI is InChI=1S/C25H31ClN8O3S/c1-38(37)30-19-6-5-15(26)8-18(19)25(36)33-7-3-2-4-21(33)20-9-23-28-22(31-13-17(35)14-31)10-24(34(23)29-20)32-11-16(27)12-32/h5-6,8-10,16-17,21,30,35H,2-4,7,11-14,27H2,1H3. The van der Waals surface area contributed by atoms with Gasteiger partial charge in [-0.15, -0.1) is 0 Å². The van der Waals surface area contributed by atoms with E-state index in [0.29, 0.717) is 41.6 Å². The number of fused-ring (bicyclic) bond motifs is 1. The van der Waals surface area contributed by atoms with Crippen molar-refractivity contribution in [1.82, 2.24) is 19.5 Å². The van der Waals surface area contributed by atoms with Crippen molar-refractivity contribution in [3.63, 3.8) is 0 Å². The van der Waals surface area contributed by atoms with Crippen LogP contribution in [0.3, 0.4) is 0 Å². The van der Waals surface area contributed by atoms with Gasteiger partial charge in [0, 0.05) is 62.2 Å². The van der Waals surface area contributed by atoms with Gasteiger partial charge in [-0.05, 0) is 37.5 Å². The second-order valence-corrected chi connectivity index (χ2v) is 11.8. The average Bonchev–Trinajstić information content (AvgIpc) is 3.29. The molecule has 3 aromatic rings. The van der Waals surface area contributed by atoms with Crippen LogP contribution in [0.1, 0.15) is 41.4 Å². The van der Waals surface area contributed by atoms with Crippen molar-refractivity contribution in [1.29, 1.82) is 0 Å². The number of β-amino-alcohol motifs (C(OH)–C–C–N with tert-alkyl or cyclic N) is 1. The lowest BCUT2D eigenvalue weighted by atomic mass is 9.98. The Kier molecular flexibility index (Phi) is 6.67. The minimum atomic E-state index is -1.34.